The van der Waals surface area contributed by atoms with Crippen molar-refractivity contribution < 1.29 is 28.7 Å². The van der Waals surface area contributed by atoms with Gasteiger partial charge in [0.05, 0.1) is 13.2 Å². The number of alkyl halides is 3. The van der Waals surface area contributed by atoms with Crippen molar-refractivity contribution in [2.75, 3.05) is 31.8 Å². The van der Waals surface area contributed by atoms with E-state index in [0.29, 0.717) is 18.6 Å². The molecule has 324 valence electrons. The van der Waals surface area contributed by atoms with Crippen molar-refractivity contribution in [3.05, 3.63) is 0 Å². The van der Waals surface area contributed by atoms with Gasteiger partial charge in [-0.15, -0.1) is 0 Å². The topological polar surface area (TPSA) is 123 Å². The van der Waals surface area contributed by atoms with Gasteiger partial charge in [0, 0.05) is 30.9 Å². The summed E-state index contributed by atoms with van der Waals surface area (Å²) in [6.07, 6.45) is 32.3. The minimum absolute atomic E-state index is 0.0328. The fraction of sp³-hybridized carbons (Fsp3) is 0.905. The van der Waals surface area contributed by atoms with Crippen molar-refractivity contribution in [1.29, 1.82) is 0 Å². The van der Waals surface area contributed by atoms with Gasteiger partial charge in [-0.25, -0.2) is 9.59 Å². The van der Waals surface area contributed by atoms with E-state index in [2.05, 4.69) is 29.8 Å². The molecular formula is C42H78Cl3N3O6S. The Morgan fingerprint density at radius 2 is 0.964 bits per heavy atom. The standard InChI is InChI=1S/C42H78Cl3N3O6S/c1-4-6-8-10-12-14-16-18-20-22-24-26-28-30-38(49)46-32-36(33-55-34-37(40(51)53-3)48-41(52)54-35-42(43,44)45)47-39(50)31-29-27-25-23-21-19-17-15-13-11-9-7-5-2/h36-37H,4-35H2,1-3H3,(H,46,49)(H,47,50)(H,48,52)/t36-,37+/m1/s1. The van der Waals surface area contributed by atoms with Gasteiger partial charge in [-0.1, -0.05) is 203 Å². The van der Waals surface area contributed by atoms with Crippen molar-refractivity contribution in [1.82, 2.24) is 16.0 Å². The first-order valence-electron chi connectivity index (χ1n) is 21.7. The molecule has 0 fully saturated rings. The van der Waals surface area contributed by atoms with Crippen LogP contribution in [0.2, 0.25) is 0 Å². The molecule has 0 aromatic heterocycles. The molecule has 0 aliphatic heterocycles. The van der Waals surface area contributed by atoms with Gasteiger partial charge in [0.1, 0.15) is 12.6 Å². The van der Waals surface area contributed by atoms with Crippen LogP contribution in [-0.4, -0.2) is 71.5 Å². The van der Waals surface area contributed by atoms with Crippen LogP contribution < -0.4 is 16.0 Å². The summed E-state index contributed by atoms with van der Waals surface area (Å²) >= 11 is 18.3. The molecule has 2 atom stereocenters. The third-order valence-corrected chi connectivity index (χ3v) is 11.2. The summed E-state index contributed by atoms with van der Waals surface area (Å²) in [7, 11) is 1.22. The lowest BCUT2D eigenvalue weighted by molar-refractivity contribution is -0.142. The first kappa shape index (κ1) is 53.9. The van der Waals surface area contributed by atoms with Crippen LogP contribution >= 0.6 is 46.6 Å². The Hall–Kier alpha value is -1.10. The van der Waals surface area contributed by atoms with E-state index in [0.717, 1.165) is 38.5 Å². The average molecular weight is 860 g/mol. The van der Waals surface area contributed by atoms with E-state index >= 15 is 0 Å². The van der Waals surface area contributed by atoms with Crippen molar-refractivity contribution in [2.45, 2.75) is 210 Å². The van der Waals surface area contributed by atoms with Crippen LogP contribution in [0.1, 0.15) is 194 Å². The number of unbranched alkanes of at least 4 members (excludes halogenated alkanes) is 24. The summed E-state index contributed by atoms with van der Waals surface area (Å²) in [4.78, 5) is 50.3. The predicted molar refractivity (Wildman–Crippen MR) is 233 cm³/mol. The highest BCUT2D eigenvalue weighted by atomic mass is 35.6. The number of thioether (sulfide) groups is 1. The van der Waals surface area contributed by atoms with Gasteiger partial charge in [-0.05, 0) is 12.8 Å². The van der Waals surface area contributed by atoms with E-state index < -0.39 is 28.5 Å². The molecule has 55 heavy (non-hydrogen) atoms. The summed E-state index contributed by atoms with van der Waals surface area (Å²) in [5, 5.41) is 8.52. The molecule has 3 amide bonds. The van der Waals surface area contributed by atoms with Gasteiger partial charge in [0.2, 0.25) is 15.6 Å². The number of halogens is 3. The number of carbonyl (C=O) groups is 4. The van der Waals surface area contributed by atoms with Crippen LogP contribution in [0.5, 0.6) is 0 Å². The third-order valence-electron chi connectivity index (χ3n) is 9.67. The number of carbonyl (C=O) groups excluding carboxylic acids is 4. The second kappa shape index (κ2) is 38.4. The maximum absolute atomic E-state index is 12.9. The Labute approximate surface area is 354 Å². The molecule has 13 heteroatoms. The van der Waals surface area contributed by atoms with E-state index in [1.165, 1.54) is 147 Å². The summed E-state index contributed by atoms with van der Waals surface area (Å²) in [6.45, 7) is 4.29. The van der Waals surface area contributed by atoms with Crippen LogP contribution in [0.4, 0.5) is 4.79 Å². The van der Waals surface area contributed by atoms with Gasteiger partial charge in [-0.3, -0.25) is 9.59 Å². The molecular weight excluding hydrogens is 781 g/mol. The smallest absolute Gasteiger partial charge is 0.408 e. The molecule has 0 aliphatic carbocycles. The monoisotopic (exact) mass is 857 g/mol. The van der Waals surface area contributed by atoms with Crippen molar-refractivity contribution in [3.63, 3.8) is 0 Å². The van der Waals surface area contributed by atoms with E-state index in [4.69, 9.17) is 44.3 Å². The molecule has 0 aliphatic rings. The fourth-order valence-electron chi connectivity index (χ4n) is 6.35. The van der Waals surface area contributed by atoms with Crippen molar-refractivity contribution >= 4 is 70.4 Å². The lowest BCUT2D eigenvalue weighted by atomic mass is 10.0. The Balaban J connectivity index is 4.66. The quantitative estimate of drug-likeness (QED) is 0.0321. The SMILES string of the molecule is CCCCCCCCCCCCCCCC(=O)NC[C@H](CSC[C@H](NC(=O)OCC(Cl)(Cl)Cl)C(=O)OC)NC(=O)CCCCCCCCCCCCCCC. The summed E-state index contributed by atoms with van der Waals surface area (Å²) in [5.41, 5.74) is 0. The van der Waals surface area contributed by atoms with Crippen LogP contribution in [-0.2, 0) is 23.9 Å². The highest BCUT2D eigenvalue weighted by molar-refractivity contribution is 7.99. The molecule has 0 radical (unpaired) electrons. The second-order valence-electron chi connectivity index (χ2n) is 15.0. The molecule has 0 saturated carbocycles. The number of amides is 3. The minimum Gasteiger partial charge on any atom is -0.467 e. The Morgan fingerprint density at radius 3 is 1.36 bits per heavy atom. The predicted octanol–water partition coefficient (Wildman–Crippen LogP) is 11.9. The van der Waals surface area contributed by atoms with Crippen LogP contribution in [0.3, 0.4) is 0 Å². The maximum atomic E-state index is 12.9. The summed E-state index contributed by atoms with van der Waals surface area (Å²) in [6, 6.07) is -1.38. The molecule has 0 rings (SSSR count). The molecule has 0 spiro atoms. The number of rotatable bonds is 38. The zero-order chi connectivity index (χ0) is 40.8. The highest BCUT2D eigenvalue weighted by Crippen LogP contribution is 2.26. The molecule has 0 bridgehead atoms. The number of hydrogen-bond acceptors (Lipinski definition) is 7. The normalized spacial score (nSPS) is 12.5. The molecule has 9 nitrogen and oxygen atoms in total. The second-order valence-corrected chi connectivity index (χ2v) is 18.6. The Kier molecular flexibility index (Phi) is 37.7. The number of esters is 1. The van der Waals surface area contributed by atoms with Crippen LogP contribution in [0.25, 0.3) is 0 Å². The van der Waals surface area contributed by atoms with Gasteiger partial charge in [-0.2, -0.15) is 11.8 Å². The van der Waals surface area contributed by atoms with E-state index in [9.17, 15) is 19.2 Å². The lowest BCUT2D eigenvalue weighted by Gasteiger charge is -2.21. The highest BCUT2D eigenvalue weighted by Gasteiger charge is 2.26. The van der Waals surface area contributed by atoms with E-state index in [1.54, 1.807) is 0 Å². The lowest BCUT2D eigenvalue weighted by Crippen LogP contribution is -2.46. The van der Waals surface area contributed by atoms with E-state index in [-0.39, 0.29) is 30.2 Å². The van der Waals surface area contributed by atoms with Gasteiger partial charge in [0.15, 0.2) is 0 Å². The van der Waals surface area contributed by atoms with Gasteiger partial charge >= 0.3 is 12.1 Å². The first-order chi connectivity index (χ1) is 26.5. The maximum Gasteiger partial charge on any atom is 0.408 e. The number of methoxy groups -OCH3 is 1. The van der Waals surface area contributed by atoms with Crippen molar-refractivity contribution in [3.8, 4) is 0 Å². The van der Waals surface area contributed by atoms with Gasteiger partial charge < -0.3 is 25.4 Å². The molecule has 0 heterocycles. The molecule has 0 aromatic carbocycles. The van der Waals surface area contributed by atoms with Crippen LogP contribution in [0.15, 0.2) is 0 Å². The fourth-order valence-corrected chi connectivity index (χ4v) is 7.59. The van der Waals surface area contributed by atoms with Crippen molar-refractivity contribution in [2.24, 2.45) is 0 Å². The third kappa shape index (κ3) is 38.2. The molecule has 0 unspecified atom stereocenters. The molecule has 3 N–H and O–H groups in total. The Bertz CT molecular complexity index is 960. The minimum atomic E-state index is -1.79. The zero-order valence-corrected chi connectivity index (χ0v) is 37.9. The zero-order valence-electron chi connectivity index (χ0n) is 34.8. The summed E-state index contributed by atoms with van der Waals surface area (Å²) < 4.78 is 7.95. The van der Waals surface area contributed by atoms with Crippen LogP contribution in [0, 0.1) is 0 Å². The summed E-state index contributed by atoms with van der Waals surface area (Å²) in [5.74, 6) is -0.200. The van der Waals surface area contributed by atoms with E-state index in [1.807, 2.05) is 0 Å². The van der Waals surface area contributed by atoms with Gasteiger partial charge in [0.25, 0.3) is 0 Å². The molecule has 0 aromatic rings. The Morgan fingerprint density at radius 1 is 0.564 bits per heavy atom. The average Bonchev–Trinajstić information content (AvgIpc) is 3.15. The number of ether oxygens (including phenoxy) is 2. The number of hydrogen-bond donors (Lipinski definition) is 3. The largest absolute Gasteiger partial charge is 0.467 e. The number of alkyl carbamates (subject to hydrolysis) is 1. The first-order valence-corrected chi connectivity index (χ1v) is 24.0. The molecule has 0 saturated heterocycles. The number of nitrogens with one attached hydrogen (secondary N) is 3.